The van der Waals surface area contributed by atoms with Crippen molar-refractivity contribution >= 4 is 16.0 Å². The lowest BCUT2D eigenvalue weighted by molar-refractivity contribution is -0.918. The van der Waals surface area contributed by atoms with Gasteiger partial charge in [0.2, 0.25) is 10.0 Å². The number of furan rings is 1. The van der Waals surface area contributed by atoms with E-state index >= 15 is 0 Å². The predicted octanol–water partition coefficient (Wildman–Crippen LogP) is 0.742. The van der Waals surface area contributed by atoms with E-state index in [-0.39, 0.29) is 13.1 Å². The zero-order valence-electron chi connectivity index (χ0n) is 15.5. The van der Waals surface area contributed by atoms with Gasteiger partial charge in [0.25, 0.3) is 0 Å². The minimum absolute atomic E-state index is 0.164. The molecule has 1 aliphatic heterocycles. The number of hydrogen-bond acceptors (Lipinski definition) is 5. The van der Waals surface area contributed by atoms with Gasteiger partial charge >= 0.3 is 5.97 Å². The van der Waals surface area contributed by atoms with Crippen molar-refractivity contribution in [3.05, 3.63) is 53.0 Å². The van der Waals surface area contributed by atoms with Crippen LogP contribution in [0.3, 0.4) is 0 Å². The number of rotatable bonds is 5. The molecule has 1 saturated heterocycles. The van der Waals surface area contributed by atoms with Crippen molar-refractivity contribution < 1.29 is 36.0 Å². The maximum atomic E-state index is 13.9. The molecule has 1 aromatic carbocycles. The van der Waals surface area contributed by atoms with Crippen molar-refractivity contribution in [2.75, 3.05) is 33.3 Å². The van der Waals surface area contributed by atoms with Crippen molar-refractivity contribution in [3.8, 4) is 0 Å². The van der Waals surface area contributed by atoms with E-state index < -0.39 is 32.5 Å². The molecule has 1 fully saturated rings. The molecule has 1 aliphatic rings. The van der Waals surface area contributed by atoms with Gasteiger partial charge in [-0.1, -0.05) is 0 Å². The molecule has 2 aromatic rings. The van der Waals surface area contributed by atoms with Crippen molar-refractivity contribution in [3.63, 3.8) is 0 Å². The fourth-order valence-corrected chi connectivity index (χ4v) is 4.74. The summed E-state index contributed by atoms with van der Waals surface area (Å²) < 4.78 is 63.9. The van der Waals surface area contributed by atoms with E-state index in [0.29, 0.717) is 42.8 Å². The third kappa shape index (κ3) is 4.08. The average Bonchev–Trinajstić information content (AvgIpc) is 3.03. The number of carbonyl (C=O) groups is 1. The molecule has 0 atom stereocenters. The SMILES string of the molecule is COC(=O)c1cc(C[NH+]2CCN(S(=O)(=O)c3cc(F)ccc3F)CC2)oc1C. The lowest BCUT2D eigenvalue weighted by Gasteiger charge is -2.31. The standard InChI is InChI=1S/C18H20F2N2O5S/c1-12-15(18(23)26-2)10-14(27-12)11-21-5-7-22(8-6-21)28(24,25)17-9-13(19)3-4-16(17)20/h3-4,9-10H,5-8,11H2,1-2H3/p+1. The third-order valence-electron chi connectivity index (χ3n) is 4.74. The van der Waals surface area contributed by atoms with Gasteiger partial charge in [0, 0.05) is 6.07 Å². The molecule has 1 N–H and O–H groups in total. The fourth-order valence-electron chi connectivity index (χ4n) is 3.22. The molecule has 28 heavy (non-hydrogen) atoms. The Morgan fingerprint density at radius 3 is 2.57 bits per heavy atom. The number of sulfonamides is 1. The topological polar surface area (TPSA) is 81.3 Å². The first-order valence-corrected chi connectivity index (χ1v) is 10.1. The second-order valence-corrected chi connectivity index (χ2v) is 8.49. The number of nitrogens with zero attached hydrogens (tertiary/aromatic N) is 1. The maximum Gasteiger partial charge on any atom is 0.341 e. The highest BCUT2D eigenvalue weighted by Crippen LogP contribution is 2.20. The van der Waals surface area contributed by atoms with Gasteiger partial charge in [0.15, 0.2) is 5.76 Å². The Balaban J connectivity index is 1.66. The van der Waals surface area contributed by atoms with E-state index in [1.54, 1.807) is 13.0 Å². The summed E-state index contributed by atoms with van der Waals surface area (Å²) in [6.07, 6.45) is 0. The number of hydrogen-bond donors (Lipinski definition) is 1. The first-order chi connectivity index (χ1) is 13.2. The predicted molar refractivity (Wildman–Crippen MR) is 94.3 cm³/mol. The Bertz CT molecular complexity index is 982. The molecule has 0 unspecified atom stereocenters. The monoisotopic (exact) mass is 415 g/mol. The highest BCUT2D eigenvalue weighted by molar-refractivity contribution is 7.89. The Morgan fingerprint density at radius 1 is 1.25 bits per heavy atom. The van der Waals surface area contributed by atoms with Crippen molar-refractivity contribution in [1.82, 2.24) is 4.31 Å². The van der Waals surface area contributed by atoms with E-state index in [1.807, 2.05) is 0 Å². The van der Waals surface area contributed by atoms with Crippen LogP contribution in [0, 0.1) is 18.6 Å². The minimum Gasteiger partial charge on any atom is -0.465 e. The zero-order chi connectivity index (χ0) is 20.5. The van der Waals surface area contributed by atoms with Crippen LogP contribution in [0.4, 0.5) is 8.78 Å². The number of quaternary nitrogens is 1. The second kappa shape index (κ2) is 7.98. The van der Waals surface area contributed by atoms with E-state index in [2.05, 4.69) is 0 Å². The van der Waals surface area contributed by atoms with Crippen LogP contribution in [-0.4, -0.2) is 52.0 Å². The molecular formula is C18H21F2N2O5S+. The molecular weight excluding hydrogens is 394 g/mol. The quantitative estimate of drug-likeness (QED) is 0.729. The zero-order valence-corrected chi connectivity index (χ0v) is 16.3. The molecule has 0 spiro atoms. The number of ether oxygens (including phenoxy) is 1. The van der Waals surface area contributed by atoms with Crippen LogP contribution in [0.2, 0.25) is 0 Å². The van der Waals surface area contributed by atoms with E-state index in [1.165, 1.54) is 7.11 Å². The number of aryl methyl sites for hydroxylation is 1. The molecule has 0 radical (unpaired) electrons. The summed E-state index contributed by atoms with van der Waals surface area (Å²) in [5.41, 5.74) is 0.361. The van der Waals surface area contributed by atoms with Gasteiger partial charge in [-0.05, 0) is 25.1 Å². The Morgan fingerprint density at radius 2 is 1.93 bits per heavy atom. The molecule has 1 aromatic heterocycles. The number of esters is 1. The maximum absolute atomic E-state index is 13.9. The van der Waals surface area contributed by atoms with Gasteiger partial charge in [-0.3, -0.25) is 0 Å². The van der Waals surface area contributed by atoms with Crippen molar-refractivity contribution in [2.45, 2.75) is 18.4 Å². The lowest BCUT2D eigenvalue weighted by atomic mass is 10.2. The molecule has 0 amide bonds. The van der Waals surface area contributed by atoms with Crippen LogP contribution in [0.15, 0.2) is 33.6 Å². The lowest BCUT2D eigenvalue weighted by Crippen LogP contribution is -3.13. The van der Waals surface area contributed by atoms with Gasteiger partial charge in [-0.15, -0.1) is 0 Å². The van der Waals surface area contributed by atoms with E-state index in [4.69, 9.17) is 9.15 Å². The fraction of sp³-hybridized carbons (Fsp3) is 0.389. The third-order valence-corrected chi connectivity index (χ3v) is 6.65. The number of methoxy groups -OCH3 is 1. The highest BCUT2D eigenvalue weighted by atomic mass is 32.2. The van der Waals surface area contributed by atoms with E-state index in [9.17, 15) is 22.0 Å². The van der Waals surface area contributed by atoms with Crippen LogP contribution in [0.5, 0.6) is 0 Å². The summed E-state index contributed by atoms with van der Waals surface area (Å²) in [5, 5.41) is 0. The summed E-state index contributed by atoms with van der Waals surface area (Å²) in [5.74, 6) is -1.20. The smallest absolute Gasteiger partial charge is 0.341 e. The van der Waals surface area contributed by atoms with Crippen LogP contribution in [-0.2, 0) is 21.3 Å². The largest absolute Gasteiger partial charge is 0.465 e. The molecule has 7 nitrogen and oxygen atoms in total. The first kappa shape index (κ1) is 20.4. The van der Waals surface area contributed by atoms with Crippen molar-refractivity contribution in [2.24, 2.45) is 0 Å². The first-order valence-electron chi connectivity index (χ1n) is 8.68. The molecule has 0 saturated carbocycles. The molecule has 152 valence electrons. The number of halogens is 2. The van der Waals surface area contributed by atoms with Gasteiger partial charge in [0.1, 0.15) is 34.4 Å². The highest BCUT2D eigenvalue weighted by Gasteiger charge is 2.33. The molecule has 0 bridgehead atoms. The number of carbonyl (C=O) groups excluding carboxylic acids is 1. The summed E-state index contributed by atoms with van der Waals surface area (Å²) in [4.78, 5) is 12.1. The normalized spacial score (nSPS) is 16.3. The van der Waals surface area contributed by atoms with Gasteiger partial charge in [0.05, 0.1) is 33.3 Å². The summed E-state index contributed by atoms with van der Waals surface area (Å²) in [6.45, 7) is 3.39. The minimum atomic E-state index is -4.11. The summed E-state index contributed by atoms with van der Waals surface area (Å²) >= 11 is 0. The molecule has 3 rings (SSSR count). The van der Waals surface area contributed by atoms with Crippen LogP contribution >= 0.6 is 0 Å². The Hall–Kier alpha value is -2.30. The van der Waals surface area contributed by atoms with Gasteiger partial charge in [-0.25, -0.2) is 22.0 Å². The van der Waals surface area contributed by atoms with E-state index in [0.717, 1.165) is 21.3 Å². The van der Waals surface area contributed by atoms with Crippen LogP contribution < -0.4 is 4.90 Å². The molecule has 10 heteroatoms. The number of nitrogens with one attached hydrogen (secondary N) is 1. The number of benzene rings is 1. The number of piperazine rings is 1. The Kier molecular flexibility index (Phi) is 5.82. The van der Waals surface area contributed by atoms with Gasteiger partial charge < -0.3 is 14.1 Å². The van der Waals surface area contributed by atoms with Gasteiger partial charge in [-0.2, -0.15) is 4.31 Å². The van der Waals surface area contributed by atoms with Crippen molar-refractivity contribution in [1.29, 1.82) is 0 Å². The van der Waals surface area contributed by atoms with Crippen LogP contribution in [0.25, 0.3) is 0 Å². The summed E-state index contributed by atoms with van der Waals surface area (Å²) in [6, 6.07) is 4.01. The molecule has 2 heterocycles. The molecule has 0 aliphatic carbocycles. The average molecular weight is 415 g/mol. The van der Waals surface area contributed by atoms with Crippen LogP contribution in [0.1, 0.15) is 21.9 Å². The second-order valence-electron chi connectivity index (χ2n) is 6.58. The Labute approximate surface area is 161 Å². The summed E-state index contributed by atoms with van der Waals surface area (Å²) in [7, 11) is -2.82.